The second-order valence-corrected chi connectivity index (χ2v) is 3.16. The van der Waals surface area contributed by atoms with Crippen molar-refractivity contribution >= 4 is 31.7 Å². The van der Waals surface area contributed by atoms with Crippen molar-refractivity contribution in [1.29, 1.82) is 0 Å². The van der Waals surface area contributed by atoms with Gasteiger partial charge in [0.05, 0.1) is 0 Å². The minimum atomic E-state index is 0. The molecule has 4 heteroatoms. The van der Waals surface area contributed by atoms with Crippen molar-refractivity contribution in [2.24, 2.45) is 0 Å². The number of halogens is 2. The predicted octanol–water partition coefficient (Wildman–Crippen LogP) is 5.00. The summed E-state index contributed by atoms with van der Waals surface area (Å²) in [5, 5.41) is 0. The molecule has 0 saturated carbocycles. The molecule has 0 heterocycles. The molecule has 2 rings (SSSR count). The Kier molecular flexibility index (Phi) is 69.5. The van der Waals surface area contributed by atoms with Crippen LogP contribution in [0, 0.1) is 25.0 Å². The summed E-state index contributed by atoms with van der Waals surface area (Å²) in [5.41, 5.74) is 0. The number of allylic oxidation sites excluding steroid dienone is 8. The van der Waals surface area contributed by atoms with E-state index < -0.39 is 0 Å². The van der Waals surface area contributed by atoms with Crippen LogP contribution < -0.4 is 0 Å². The summed E-state index contributed by atoms with van der Waals surface area (Å²) in [6.07, 6.45) is 24.0. The first-order valence-corrected chi connectivity index (χ1v) is 12.0. The monoisotopic (exact) mass is 408 g/mol. The number of hydrogen-bond donors (Lipinski definition) is 0. The van der Waals surface area contributed by atoms with E-state index in [0.29, 0.717) is 0 Å². The van der Waals surface area contributed by atoms with Crippen molar-refractivity contribution in [2.45, 2.75) is 40.5 Å². The summed E-state index contributed by atoms with van der Waals surface area (Å²) in [4.78, 5) is 0. The first-order valence-electron chi connectivity index (χ1n) is 6.10. The predicted molar refractivity (Wildman–Crippen MR) is 97.5 cm³/mol. The van der Waals surface area contributed by atoms with Crippen LogP contribution in [-0.2, 0) is 23.3 Å². The molecule has 118 valence electrons. The van der Waals surface area contributed by atoms with E-state index >= 15 is 0 Å². The number of rotatable bonds is 0. The fourth-order valence-corrected chi connectivity index (χ4v) is 0.680. The first-order chi connectivity index (χ1) is 8.83. The average Bonchev–Trinajstić information content (AvgIpc) is 3.12. The van der Waals surface area contributed by atoms with Crippen LogP contribution >= 0.6 is 24.8 Å². The molecule has 0 aromatic carbocycles. The summed E-state index contributed by atoms with van der Waals surface area (Å²) < 4.78 is 0. The zero-order valence-electron chi connectivity index (χ0n) is 13.1. The molecule has 0 N–H and O–H groups in total. The summed E-state index contributed by atoms with van der Waals surface area (Å²) >= 11 is 1.58. The Morgan fingerprint density at radius 2 is 1.05 bits per heavy atom. The molecule has 2 aliphatic carbocycles. The Balaban J connectivity index is -0.0000000479. The topological polar surface area (TPSA) is 0 Å². The zero-order valence-corrected chi connectivity index (χ0v) is 18.6. The van der Waals surface area contributed by atoms with E-state index in [0.717, 1.165) is 12.8 Å². The second-order valence-electron chi connectivity index (χ2n) is 3.16. The Hall–Kier alpha value is 0.640. The van der Waals surface area contributed by atoms with Crippen LogP contribution in [0.1, 0.15) is 40.5 Å². The van der Waals surface area contributed by atoms with Gasteiger partial charge in [0.25, 0.3) is 0 Å². The second kappa shape index (κ2) is 42.7. The molecule has 0 nitrogen and oxygen atoms in total. The van der Waals surface area contributed by atoms with Crippen LogP contribution in [-0.4, -0.2) is 6.88 Å². The Morgan fingerprint density at radius 3 is 1.10 bits per heavy atom. The van der Waals surface area contributed by atoms with E-state index in [1.807, 2.05) is 71.7 Å². The molecular formula is C16H28Cl2SiZr-4. The number of hydrogen-bond acceptors (Lipinski definition) is 0. The third kappa shape index (κ3) is 51.2. The van der Waals surface area contributed by atoms with Gasteiger partial charge >= 0.3 is 30.2 Å². The van der Waals surface area contributed by atoms with Gasteiger partial charge in [-0.3, -0.25) is 12.2 Å². The molecule has 0 unspecified atom stereocenters. The Morgan fingerprint density at radius 1 is 0.800 bits per heavy atom. The van der Waals surface area contributed by atoms with E-state index in [1.165, 1.54) is 0 Å². The molecule has 0 spiro atoms. The van der Waals surface area contributed by atoms with Crippen LogP contribution in [0.25, 0.3) is 0 Å². The SMILES string of the molecule is C[CH-]C.C[CH-]C.Cl.Cl.[C-]1=CC=CC1.[C-]1=CC=CC1.[SiH2]=[Zr]. The molecule has 0 saturated heterocycles. The van der Waals surface area contributed by atoms with E-state index in [1.54, 1.807) is 23.3 Å². The Labute approximate surface area is 156 Å². The van der Waals surface area contributed by atoms with Gasteiger partial charge in [0.2, 0.25) is 0 Å². The van der Waals surface area contributed by atoms with Crippen molar-refractivity contribution in [2.75, 3.05) is 0 Å². The minimum absolute atomic E-state index is 0. The van der Waals surface area contributed by atoms with Crippen LogP contribution in [0.3, 0.4) is 0 Å². The van der Waals surface area contributed by atoms with Gasteiger partial charge in [-0.1, -0.05) is 0 Å². The molecule has 20 heavy (non-hydrogen) atoms. The van der Waals surface area contributed by atoms with E-state index in [2.05, 4.69) is 24.3 Å². The fourth-order valence-electron chi connectivity index (χ4n) is 0.680. The molecule has 0 atom stereocenters. The van der Waals surface area contributed by atoms with E-state index in [-0.39, 0.29) is 24.8 Å². The van der Waals surface area contributed by atoms with E-state index in [4.69, 9.17) is 0 Å². The normalized spacial score (nSPS) is 10.8. The van der Waals surface area contributed by atoms with Gasteiger partial charge in [0, 0.05) is 0 Å². The van der Waals surface area contributed by atoms with Crippen molar-refractivity contribution in [3.05, 3.63) is 61.4 Å². The fraction of sp³-hybridized carbons (Fsp3) is 0.375. The van der Waals surface area contributed by atoms with Gasteiger partial charge in [-0.05, 0) is 0 Å². The molecule has 2 aliphatic rings. The van der Waals surface area contributed by atoms with Crippen LogP contribution in [0.2, 0.25) is 0 Å². The maximum absolute atomic E-state index is 2.99. The Bertz CT molecular complexity index is 193. The van der Waals surface area contributed by atoms with Gasteiger partial charge in [-0.2, -0.15) is 39.8 Å². The summed E-state index contributed by atoms with van der Waals surface area (Å²) in [7, 11) is 0. The third-order valence-corrected chi connectivity index (χ3v) is 1.17. The van der Waals surface area contributed by atoms with Gasteiger partial charge in [0.1, 0.15) is 0 Å². The molecule has 0 fully saturated rings. The molecule has 0 aliphatic heterocycles. The molecule has 0 radical (unpaired) electrons. The average molecular weight is 411 g/mol. The molecule has 0 amide bonds. The van der Waals surface area contributed by atoms with Gasteiger partial charge < -0.3 is 12.8 Å². The molecule has 0 aromatic heterocycles. The van der Waals surface area contributed by atoms with Crippen LogP contribution in [0.15, 0.2) is 36.5 Å². The summed E-state index contributed by atoms with van der Waals surface area (Å²) in [5.74, 6) is 0. The standard InChI is InChI=1S/2C5H5.2C3H7.2ClH.H2Si.Zr/c2*1-2-4-5-3-1;2*1-3-2;;;;/h2*1-3H,4H2;2*3H,1-2H3;2*1H;1H2;/q4*-1;;;;. The van der Waals surface area contributed by atoms with Gasteiger partial charge in [-0.25, -0.2) is 24.3 Å². The summed E-state index contributed by atoms with van der Waals surface area (Å²) in [6.45, 7) is 9.95. The molecule has 0 bridgehead atoms. The van der Waals surface area contributed by atoms with Crippen molar-refractivity contribution in [3.63, 3.8) is 0 Å². The van der Waals surface area contributed by atoms with Crippen molar-refractivity contribution < 1.29 is 23.3 Å². The third-order valence-electron chi connectivity index (χ3n) is 1.17. The van der Waals surface area contributed by atoms with Crippen LogP contribution in [0.4, 0.5) is 0 Å². The van der Waals surface area contributed by atoms with E-state index in [9.17, 15) is 0 Å². The zero-order chi connectivity index (χ0) is 14.5. The maximum atomic E-state index is 2.99. The first kappa shape index (κ1) is 32.5. The van der Waals surface area contributed by atoms with Gasteiger partial charge in [0.15, 0.2) is 0 Å². The van der Waals surface area contributed by atoms with Crippen LogP contribution in [0.5, 0.6) is 0 Å². The molecular weight excluding hydrogens is 382 g/mol. The molecule has 0 aromatic rings. The quantitative estimate of drug-likeness (QED) is 0.390. The van der Waals surface area contributed by atoms with Crippen molar-refractivity contribution in [3.8, 4) is 0 Å². The summed E-state index contributed by atoms with van der Waals surface area (Å²) in [6, 6.07) is 0. The van der Waals surface area contributed by atoms with Crippen molar-refractivity contribution in [1.82, 2.24) is 0 Å². The van der Waals surface area contributed by atoms with Gasteiger partial charge in [-0.15, -0.1) is 37.7 Å².